The van der Waals surface area contributed by atoms with Crippen LogP contribution in [-0.2, 0) is 26.4 Å². The Morgan fingerprint density at radius 1 is 1.28 bits per heavy atom. The van der Waals surface area contributed by atoms with Gasteiger partial charge in [-0.1, -0.05) is 12.1 Å². The first-order valence-electron chi connectivity index (χ1n) is 6.52. The standard InChI is InChI=1S/C14H18N4/c1-18-14(16-10-17-18)9-15-13-8-4-6-11-5-2-3-7-12(11)13/h4,6,8,10,15H,2-3,5,7,9H2,1H3. The Labute approximate surface area is 107 Å². The van der Waals surface area contributed by atoms with E-state index in [9.17, 15) is 0 Å². The molecule has 0 fully saturated rings. The molecule has 2 aromatic rings. The SMILES string of the molecule is Cn1ncnc1CNc1cccc2c1CCCC2. The van der Waals surface area contributed by atoms with E-state index < -0.39 is 0 Å². The molecule has 1 heterocycles. The molecule has 4 heteroatoms. The Morgan fingerprint density at radius 2 is 2.17 bits per heavy atom. The summed E-state index contributed by atoms with van der Waals surface area (Å²) in [6.07, 6.45) is 6.62. The first-order valence-corrected chi connectivity index (χ1v) is 6.52. The number of anilines is 1. The van der Waals surface area contributed by atoms with Gasteiger partial charge in [-0.05, 0) is 42.9 Å². The zero-order valence-electron chi connectivity index (χ0n) is 10.7. The lowest BCUT2D eigenvalue weighted by Crippen LogP contribution is -2.11. The summed E-state index contributed by atoms with van der Waals surface area (Å²) in [7, 11) is 1.92. The van der Waals surface area contributed by atoms with E-state index in [1.807, 2.05) is 11.7 Å². The van der Waals surface area contributed by atoms with Crippen molar-refractivity contribution >= 4 is 5.69 Å². The molecule has 94 valence electrons. The van der Waals surface area contributed by atoms with Crippen LogP contribution in [0.2, 0.25) is 0 Å². The van der Waals surface area contributed by atoms with Gasteiger partial charge in [-0.2, -0.15) is 5.10 Å². The van der Waals surface area contributed by atoms with Gasteiger partial charge in [-0.3, -0.25) is 4.68 Å². The van der Waals surface area contributed by atoms with Gasteiger partial charge in [0, 0.05) is 12.7 Å². The van der Waals surface area contributed by atoms with E-state index in [1.54, 1.807) is 6.33 Å². The first-order chi connectivity index (χ1) is 8.84. The summed E-state index contributed by atoms with van der Waals surface area (Å²) in [6, 6.07) is 6.56. The number of benzene rings is 1. The minimum Gasteiger partial charge on any atom is -0.378 e. The highest BCUT2D eigenvalue weighted by Gasteiger charge is 2.12. The molecule has 0 spiro atoms. The van der Waals surface area contributed by atoms with Crippen molar-refractivity contribution < 1.29 is 0 Å². The fourth-order valence-electron chi connectivity index (χ4n) is 2.60. The molecular formula is C14H18N4. The Balaban J connectivity index is 1.79. The molecule has 3 rings (SSSR count). The predicted octanol–water partition coefficient (Wildman–Crippen LogP) is 2.31. The molecule has 0 saturated carbocycles. The molecule has 0 radical (unpaired) electrons. The van der Waals surface area contributed by atoms with Gasteiger partial charge in [0.1, 0.15) is 12.2 Å². The number of nitrogens with zero attached hydrogens (tertiary/aromatic N) is 3. The third-order valence-electron chi connectivity index (χ3n) is 3.64. The summed E-state index contributed by atoms with van der Waals surface area (Å²) >= 11 is 0. The fraction of sp³-hybridized carbons (Fsp3) is 0.429. The number of fused-ring (bicyclic) bond motifs is 1. The van der Waals surface area contributed by atoms with Crippen LogP contribution in [0.4, 0.5) is 5.69 Å². The van der Waals surface area contributed by atoms with Crippen molar-refractivity contribution in [2.45, 2.75) is 32.2 Å². The van der Waals surface area contributed by atoms with E-state index in [2.05, 4.69) is 33.6 Å². The van der Waals surface area contributed by atoms with Crippen molar-refractivity contribution in [1.82, 2.24) is 14.8 Å². The van der Waals surface area contributed by atoms with Crippen LogP contribution in [0.3, 0.4) is 0 Å². The lowest BCUT2D eigenvalue weighted by atomic mass is 9.90. The smallest absolute Gasteiger partial charge is 0.145 e. The summed E-state index contributed by atoms with van der Waals surface area (Å²) in [5.41, 5.74) is 4.25. The van der Waals surface area contributed by atoms with Gasteiger partial charge in [0.15, 0.2) is 0 Å². The van der Waals surface area contributed by atoms with Gasteiger partial charge in [0.2, 0.25) is 0 Å². The molecule has 4 nitrogen and oxygen atoms in total. The lowest BCUT2D eigenvalue weighted by molar-refractivity contribution is 0.684. The van der Waals surface area contributed by atoms with E-state index in [0.29, 0.717) is 0 Å². The van der Waals surface area contributed by atoms with Gasteiger partial charge in [-0.15, -0.1) is 0 Å². The van der Waals surface area contributed by atoms with E-state index in [4.69, 9.17) is 0 Å². The van der Waals surface area contributed by atoms with Crippen molar-refractivity contribution in [3.05, 3.63) is 41.5 Å². The maximum Gasteiger partial charge on any atom is 0.145 e. The van der Waals surface area contributed by atoms with Gasteiger partial charge in [0.05, 0.1) is 6.54 Å². The van der Waals surface area contributed by atoms with Gasteiger partial charge >= 0.3 is 0 Å². The molecule has 0 atom stereocenters. The van der Waals surface area contributed by atoms with E-state index in [0.717, 1.165) is 12.4 Å². The van der Waals surface area contributed by atoms with Gasteiger partial charge in [-0.25, -0.2) is 4.98 Å². The summed E-state index contributed by atoms with van der Waals surface area (Å²) in [5, 5.41) is 7.57. The van der Waals surface area contributed by atoms with E-state index >= 15 is 0 Å². The van der Waals surface area contributed by atoms with Crippen LogP contribution in [0.5, 0.6) is 0 Å². The number of hydrogen-bond donors (Lipinski definition) is 1. The monoisotopic (exact) mass is 242 g/mol. The average Bonchev–Trinajstić information content (AvgIpc) is 2.82. The van der Waals surface area contributed by atoms with Gasteiger partial charge in [0.25, 0.3) is 0 Å². The summed E-state index contributed by atoms with van der Waals surface area (Å²) in [4.78, 5) is 4.23. The van der Waals surface area contributed by atoms with Crippen molar-refractivity contribution in [2.24, 2.45) is 7.05 Å². The van der Waals surface area contributed by atoms with Crippen LogP contribution in [0.15, 0.2) is 24.5 Å². The normalized spacial score (nSPS) is 14.3. The van der Waals surface area contributed by atoms with Crippen LogP contribution < -0.4 is 5.32 Å². The summed E-state index contributed by atoms with van der Waals surface area (Å²) in [5.74, 6) is 0.961. The first kappa shape index (κ1) is 11.3. The molecule has 0 unspecified atom stereocenters. The third kappa shape index (κ3) is 2.10. The molecule has 0 aliphatic heterocycles. The minimum absolute atomic E-state index is 0.729. The molecule has 0 bridgehead atoms. The number of rotatable bonds is 3. The topological polar surface area (TPSA) is 42.7 Å². The molecular weight excluding hydrogens is 224 g/mol. The van der Waals surface area contributed by atoms with Crippen molar-refractivity contribution in [3.8, 4) is 0 Å². The average molecular weight is 242 g/mol. The second-order valence-corrected chi connectivity index (χ2v) is 4.80. The Hall–Kier alpha value is -1.84. The number of hydrogen-bond acceptors (Lipinski definition) is 3. The maximum absolute atomic E-state index is 4.23. The highest BCUT2D eigenvalue weighted by atomic mass is 15.3. The molecule has 1 N–H and O–H groups in total. The predicted molar refractivity (Wildman–Crippen MR) is 71.4 cm³/mol. The minimum atomic E-state index is 0.729. The molecule has 1 aliphatic rings. The van der Waals surface area contributed by atoms with E-state index in [-0.39, 0.29) is 0 Å². The molecule has 0 amide bonds. The third-order valence-corrected chi connectivity index (χ3v) is 3.64. The van der Waals surface area contributed by atoms with Crippen LogP contribution in [0.1, 0.15) is 29.8 Å². The molecule has 18 heavy (non-hydrogen) atoms. The van der Waals surface area contributed by atoms with Crippen LogP contribution in [0, 0.1) is 0 Å². The second-order valence-electron chi connectivity index (χ2n) is 4.80. The molecule has 1 aromatic heterocycles. The number of aryl methyl sites for hydroxylation is 2. The fourth-order valence-corrected chi connectivity index (χ4v) is 2.60. The maximum atomic E-state index is 4.23. The zero-order chi connectivity index (χ0) is 12.4. The van der Waals surface area contributed by atoms with Crippen LogP contribution in [-0.4, -0.2) is 14.8 Å². The second kappa shape index (κ2) is 4.80. The van der Waals surface area contributed by atoms with E-state index in [1.165, 1.54) is 42.5 Å². The summed E-state index contributed by atoms with van der Waals surface area (Å²) in [6.45, 7) is 0.729. The number of aromatic nitrogens is 3. The Morgan fingerprint density at radius 3 is 3.00 bits per heavy atom. The molecule has 1 aromatic carbocycles. The zero-order valence-corrected chi connectivity index (χ0v) is 10.7. The van der Waals surface area contributed by atoms with Crippen molar-refractivity contribution in [2.75, 3.05) is 5.32 Å². The van der Waals surface area contributed by atoms with Crippen molar-refractivity contribution in [3.63, 3.8) is 0 Å². The highest BCUT2D eigenvalue weighted by molar-refractivity contribution is 5.55. The van der Waals surface area contributed by atoms with Crippen LogP contribution in [0.25, 0.3) is 0 Å². The quantitative estimate of drug-likeness (QED) is 0.898. The number of nitrogens with one attached hydrogen (secondary N) is 1. The van der Waals surface area contributed by atoms with Crippen molar-refractivity contribution in [1.29, 1.82) is 0 Å². The van der Waals surface area contributed by atoms with Gasteiger partial charge < -0.3 is 5.32 Å². The molecule has 0 saturated heterocycles. The molecule has 1 aliphatic carbocycles. The highest BCUT2D eigenvalue weighted by Crippen LogP contribution is 2.27. The Bertz CT molecular complexity index is 544. The summed E-state index contributed by atoms with van der Waals surface area (Å²) < 4.78 is 1.81. The largest absolute Gasteiger partial charge is 0.378 e. The lowest BCUT2D eigenvalue weighted by Gasteiger charge is -2.19. The van der Waals surface area contributed by atoms with Crippen LogP contribution >= 0.6 is 0 Å². The Kier molecular flexibility index (Phi) is 3.00.